The molecular weight excluding hydrogens is 230 g/mol. The average Bonchev–Trinajstić information content (AvgIpc) is 2.76. The Morgan fingerprint density at radius 2 is 2.06 bits per heavy atom. The van der Waals surface area contributed by atoms with Gasteiger partial charge in [0.1, 0.15) is 18.6 Å². The van der Waals surface area contributed by atoms with E-state index in [1.165, 1.54) is 6.26 Å². The lowest BCUT2D eigenvalue weighted by Gasteiger charge is -2.01. The quantitative estimate of drug-likeness (QED) is 0.890. The minimum Gasteiger partial charge on any atom is -0.445 e. The molecule has 1 aromatic carbocycles. The molecule has 0 unspecified atom stereocenters. The second-order valence-corrected chi connectivity index (χ2v) is 3.61. The molecule has 2 rings (SSSR count). The fraction of sp³-hybridized carbons (Fsp3) is 0.182. The number of aliphatic hydroxyl groups excluding tert-OH is 1. The average molecular weight is 240 g/mol. The maximum Gasteiger partial charge on any atom is 0.394 e. The highest BCUT2D eigenvalue weighted by Crippen LogP contribution is 2.14. The topological polar surface area (TPSA) is 55.5 Å². The number of rotatable bonds is 4. The number of oxazole rings is 1. The van der Waals surface area contributed by atoms with E-state index in [0.717, 1.165) is 5.56 Å². The SMILES string of the molecule is OCc1coc(OCc2ccc(Cl)cc2)n1. The molecule has 0 saturated carbocycles. The first-order valence-electron chi connectivity index (χ1n) is 4.70. The summed E-state index contributed by atoms with van der Waals surface area (Å²) in [5.74, 6) is 0. The Morgan fingerprint density at radius 3 is 2.69 bits per heavy atom. The first-order chi connectivity index (χ1) is 7.78. The maximum atomic E-state index is 8.77. The van der Waals surface area contributed by atoms with Crippen LogP contribution < -0.4 is 4.74 Å². The van der Waals surface area contributed by atoms with Crippen molar-refractivity contribution in [3.63, 3.8) is 0 Å². The zero-order valence-corrected chi connectivity index (χ0v) is 9.15. The molecule has 1 heterocycles. The second kappa shape index (κ2) is 5.01. The Labute approximate surface area is 97.4 Å². The first kappa shape index (κ1) is 11.0. The zero-order valence-electron chi connectivity index (χ0n) is 8.39. The van der Waals surface area contributed by atoms with Crippen molar-refractivity contribution in [2.75, 3.05) is 0 Å². The van der Waals surface area contributed by atoms with Gasteiger partial charge in [-0.2, -0.15) is 4.98 Å². The lowest BCUT2D eigenvalue weighted by atomic mass is 10.2. The van der Waals surface area contributed by atoms with Gasteiger partial charge in [0.2, 0.25) is 0 Å². The summed E-state index contributed by atoms with van der Waals surface area (Å²) >= 11 is 5.75. The van der Waals surface area contributed by atoms with Gasteiger partial charge in [0.05, 0.1) is 6.61 Å². The lowest BCUT2D eigenvalue weighted by molar-refractivity contribution is 0.219. The third-order valence-electron chi connectivity index (χ3n) is 1.97. The van der Waals surface area contributed by atoms with Crippen LogP contribution in [0.4, 0.5) is 0 Å². The van der Waals surface area contributed by atoms with E-state index in [2.05, 4.69) is 4.98 Å². The summed E-state index contributed by atoms with van der Waals surface area (Å²) < 4.78 is 10.3. The van der Waals surface area contributed by atoms with Crippen LogP contribution in [0.5, 0.6) is 6.08 Å². The Balaban J connectivity index is 1.94. The van der Waals surface area contributed by atoms with Crippen LogP contribution in [0.25, 0.3) is 0 Å². The molecule has 0 amide bonds. The van der Waals surface area contributed by atoms with Crippen LogP contribution in [0, 0.1) is 0 Å². The zero-order chi connectivity index (χ0) is 11.4. The van der Waals surface area contributed by atoms with Gasteiger partial charge >= 0.3 is 6.08 Å². The van der Waals surface area contributed by atoms with Crippen molar-refractivity contribution >= 4 is 11.6 Å². The molecule has 0 radical (unpaired) electrons. The highest BCUT2D eigenvalue weighted by atomic mass is 35.5. The minimum atomic E-state index is -0.159. The summed E-state index contributed by atoms with van der Waals surface area (Å²) in [5, 5.41) is 9.46. The Kier molecular flexibility index (Phi) is 3.44. The molecule has 4 nitrogen and oxygen atoms in total. The van der Waals surface area contributed by atoms with Crippen LogP contribution in [0.3, 0.4) is 0 Å². The summed E-state index contributed by atoms with van der Waals surface area (Å²) in [5.41, 5.74) is 1.42. The normalized spacial score (nSPS) is 10.4. The molecule has 0 spiro atoms. The van der Waals surface area contributed by atoms with Crippen molar-refractivity contribution in [3.05, 3.63) is 46.8 Å². The van der Waals surface area contributed by atoms with Gasteiger partial charge in [-0.1, -0.05) is 23.7 Å². The van der Waals surface area contributed by atoms with Gasteiger partial charge in [-0.15, -0.1) is 0 Å². The molecule has 0 atom stereocenters. The molecule has 0 saturated heterocycles. The van der Waals surface area contributed by atoms with Crippen LogP contribution in [0.1, 0.15) is 11.3 Å². The summed E-state index contributed by atoms with van der Waals surface area (Å²) in [6.45, 7) is 0.191. The number of aliphatic hydroxyl groups is 1. The van der Waals surface area contributed by atoms with Crippen molar-refractivity contribution in [3.8, 4) is 6.08 Å². The molecule has 0 aliphatic carbocycles. The first-order valence-corrected chi connectivity index (χ1v) is 5.08. The molecule has 0 fully saturated rings. The summed E-state index contributed by atoms with van der Waals surface area (Å²) in [6.07, 6.45) is 1.51. The third kappa shape index (κ3) is 2.74. The minimum absolute atomic E-state index is 0.152. The Hall–Kier alpha value is -1.52. The van der Waals surface area contributed by atoms with Crippen molar-refractivity contribution in [1.82, 2.24) is 4.98 Å². The highest BCUT2D eigenvalue weighted by molar-refractivity contribution is 6.30. The van der Waals surface area contributed by atoms with E-state index in [4.69, 9.17) is 25.9 Å². The van der Waals surface area contributed by atoms with Crippen molar-refractivity contribution in [2.24, 2.45) is 0 Å². The van der Waals surface area contributed by atoms with E-state index >= 15 is 0 Å². The molecule has 0 aliphatic rings. The fourth-order valence-electron chi connectivity index (χ4n) is 1.15. The molecule has 5 heteroatoms. The van der Waals surface area contributed by atoms with Gasteiger partial charge in [0.25, 0.3) is 0 Å². The van der Waals surface area contributed by atoms with E-state index in [1.807, 2.05) is 12.1 Å². The summed E-state index contributed by atoms with van der Waals surface area (Å²) in [7, 11) is 0. The van der Waals surface area contributed by atoms with Crippen molar-refractivity contribution in [2.45, 2.75) is 13.2 Å². The maximum absolute atomic E-state index is 8.77. The number of benzene rings is 1. The van der Waals surface area contributed by atoms with E-state index in [1.54, 1.807) is 12.1 Å². The summed E-state index contributed by atoms with van der Waals surface area (Å²) in [4.78, 5) is 3.90. The lowest BCUT2D eigenvalue weighted by Crippen LogP contribution is -1.95. The predicted octanol–water partition coefficient (Wildman–Crippen LogP) is 2.40. The van der Waals surface area contributed by atoms with Crippen LogP contribution in [0.15, 0.2) is 34.9 Å². The van der Waals surface area contributed by atoms with E-state index in [9.17, 15) is 0 Å². The van der Waals surface area contributed by atoms with E-state index in [0.29, 0.717) is 17.3 Å². The van der Waals surface area contributed by atoms with Gasteiger partial charge in [0.15, 0.2) is 0 Å². The monoisotopic (exact) mass is 239 g/mol. The molecule has 0 aliphatic heterocycles. The molecule has 1 N–H and O–H groups in total. The van der Waals surface area contributed by atoms with E-state index in [-0.39, 0.29) is 12.7 Å². The van der Waals surface area contributed by atoms with Crippen LogP contribution >= 0.6 is 11.6 Å². The predicted molar refractivity (Wildman–Crippen MR) is 58.2 cm³/mol. The van der Waals surface area contributed by atoms with E-state index < -0.39 is 0 Å². The number of hydrogen-bond acceptors (Lipinski definition) is 4. The van der Waals surface area contributed by atoms with Crippen LogP contribution in [0.2, 0.25) is 5.02 Å². The number of aromatic nitrogens is 1. The molecule has 0 bridgehead atoms. The van der Waals surface area contributed by atoms with Crippen molar-refractivity contribution in [1.29, 1.82) is 0 Å². The van der Waals surface area contributed by atoms with Crippen LogP contribution in [-0.4, -0.2) is 10.1 Å². The largest absolute Gasteiger partial charge is 0.445 e. The second-order valence-electron chi connectivity index (χ2n) is 3.18. The Bertz CT molecular complexity index is 453. The number of hydrogen-bond donors (Lipinski definition) is 1. The van der Waals surface area contributed by atoms with Crippen LogP contribution in [-0.2, 0) is 13.2 Å². The number of halogens is 1. The van der Waals surface area contributed by atoms with Gasteiger partial charge in [-0.3, -0.25) is 0 Å². The highest BCUT2D eigenvalue weighted by Gasteiger charge is 2.04. The van der Waals surface area contributed by atoms with Gasteiger partial charge < -0.3 is 14.3 Å². The standard InChI is InChI=1S/C11H10ClNO3/c12-9-3-1-8(2-4-9)6-15-11-13-10(5-14)7-16-11/h1-4,7,14H,5-6H2. The molecule has 16 heavy (non-hydrogen) atoms. The van der Waals surface area contributed by atoms with Gasteiger partial charge in [-0.25, -0.2) is 0 Å². The van der Waals surface area contributed by atoms with Gasteiger partial charge in [-0.05, 0) is 17.7 Å². The fourth-order valence-corrected chi connectivity index (χ4v) is 1.28. The van der Waals surface area contributed by atoms with Gasteiger partial charge in [0, 0.05) is 5.02 Å². The third-order valence-corrected chi connectivity index (χ3v) is 2.22. The number of nitrogens with zero attached hydrogens (tertiary/aromatic N) is 1. The molecule has 84 valence electrons. The smallest absolute Gasteiger partial charge is 0.394 e. The number of ether oxygens (including phenoxy) is 1. The Morgan fingerprint density at radius 1 is 1.31 bits per heavy atom. The van der Waals surface area contributed by atoms with Crippen molar-refractivity contribution < 1.29 is 14.3 Å². The molecular formula is C11H10ClNO3. The molecule has 2 aromatic rings. The molecule has 1 aromatic heterocycles. The summed E-state index contributed by atoms with van der Waals surface area (Å²) in [6, 6.07) is 7.29.